The lowest BCUT2D eigenvalue weighted by Crippen LogP contribution is -2.41. The number of nitrogens with one attached hydrogen (secondary N) is 2. The molecule has 1 aromatic heterocycles. The summed E-state index contributed by atoms with van der Waals surface area (Å²) >= 11 is 0. The summed E-state index contributed by atoms with van der Waals surface area (Å²) in [5.74, 6) is -0.598. The Morgan fingerprint density at radius 2 is 1.95 bits per heavy atom. The summed E-state index contributed by atoms with van der Waals surface area (Å²) in [5.41, 5.74) is -0.0500. The Balaban J connectivity index is 1.38. The van der Waals surface area contributed by atoms with E-state index >= 15 is 0 Å². The van der Waals surface area contributed by atoms with Crippen LogP contribution in [0.25, 0.3) is 10.9 Å². The molecule has 0 radical (unpaired) electrons. The highest BCUT2D eigenvalue weighted by atomic mass is 19.4. The molecule has 6 nitrogen and oxygen atoms in total. The minimum atomic E-state index is -4.79. The van der Waals surface area contributed by atoms with Crippen LogP contribution in [0.15, 0.2) is 42.6 Å². The van der Waals surface area contributed by atoms with E-state index in [1.54, 1.807) is 24.4 Å². The number of benzene rings is 2. The summed E-state index contributed by atoms with van der Waals surface area (Å²) in [7, 11) is 0. The zero-order valence-electron chi connectivity index (χ0n) is 20.2. The number of hydrogen-bond acceptors (Lipinski definition) is 5. The van der Waals surface area contributed by atoms with Crippen LogP contribution in [-0.4, -0.2) is 41.7 Å². The third-order valence-corrected chi connectivity index (χ3v) is 7.15. The summed E-state index contributed by atoms with van der Waals surface area (Å²) in [4.78, 5) is 22.4. The van der Waals surface area contributed by atoms with Gasteiger partial charge >= 0.3 is 6.18 Å². The molecule has 0 spiro atoms. The molecule has 10 heteroatoms. The van der Waals surface area contributed by atoms with Crippen LogP contribution < -0.4 is 10.6 Å². The maximum atomic E-state index is 14.4. The SMILES string of the molecule is O=C(N[C@@H](c1ccc(C(F)(F)F)c(F)c1)[C@H]1CCCN1)c1ccc2cnc(CC3CCOCC3)nc2c1. The fourth-order valence-electron chi connectivity index (χ4n) is 5.10. The third-order valence-electron chi connectivity index (χ3n) is 7.15. The molecule has 196 valence electrons. The van der Waals surface area contributed by atoms with Gasteiger partial charge in [-0.3, -0.25) is 4.79 Å². The van der Waals surface area contributed by atoms with E-state index in [4.69, 9.17) is 4.74 Å². The maximum absolute atomic E-state index is 14.4. The summed E-state index contributed by atoms with van der Waals surface area (Å²) in [5, 5.41) is 6.98. The van der Waals surface area contributed by atoms with Crippen LogP contribution in [0.5, 0.6) is 0 Å². The molecular weight excluding hydrogens is 488 g/mol. The van der Waals surface area contributed by atoms with Crippen LogP contribution in [0.3, 0.4) is 0 Å². The molecule has 2 atom stereocenters. The first-order chi connectivity index (χ1) is 17.8. The van der Waals surface area contributed by atoms with Gasteiger partial charge in [-0.1, -0.05) is 12.1 Å². The van der Waals surface area contributed by atoms with Crippen molar-refractivity contribution in [2.24, 2.45) is 5.92 Å². The molecule has 1 amide bonds. The molecule has 0 bridgehead atoms. The van der Waals surface area contributed by atoms with Crippen LogP contribution in [0, 0.1) is 11.7 Å². The van der Waals surface area contributed by atoms with Crippen molar-refractivity contribution in [1.29, 1.82) is 0 Å². The lowest BCUT2D eigenvalue weighted by molar-refractivity contribution is -0.140. The molecule has 2 aromatic carbocycles. The van der Waals surface area contributed by atoms with E-state index in [9.17, 15) is 22.4 Å². The van der Waals surface area contributed by atoms with Gasteiger partial charge in [0.25, 0.3) is 5.91 Å². The molecule has 3 heterocycles. The predicted molar refractivity (Wildman–Crippen MR) is 129 cm³/mol. The smallest absolute Gasteiger partial charge is 0.381 e. The first-order valence-corrected chi connectivity index (χ1v) is 12.5. The van der Waals surface area contributed by atoms with Crippen molar-refractivity contribution in [1.82, 2.24) is 20.6 Å². The lowest BCUT2D eigenvalue weighted by Gasteiger charge is -2.26. The summed E-state index contributed by atoms with van der Waals surface area (Å²) < 4.78 is 59.0. The molecular formula is C27H28F4N4O2. The van der Waals surface area contributed by atoms with Crippen LogP contribution in [0.2, 0.25) is 0 Å². The fraction of sp³-hybridized carbons (Fsp3) is 0.444. The molecule has 37 heavy (non-hydrogen) atoms. The van der Waals surface area contributed by atoms with E-state index in [-0.39, 0.29) is 11.6 Å². The highest BCUT2D eigenvalue weighted by Gasteiger charge is 2.35. The van der Waals surface area contributed by atoms with Crippen molar-refractivity contribution in [2.45, 2.75) is 50.4 Å². The zero-order chi connectivity index (χ0) is 26.0. The van der Waals surface area contributed by atoms with E-state index in [2.05, 4.69) is 20.6 Å². The number of aromatic nitrogens is 2. The molecule has 3 aromatic rings. The fourth-order valence-corrected chi connectivity index (χ4v) is 5.10. The average Bonchev–Trinajstić information content (AvgIpc) is 3.41. The number of amides is 1. The van der Waals surface area contributed by atoms with Crippen molar-refractivity contribution in [2.75, 3.05) is 19.8 Å². The molecule has 2 N–H and O–H groups in total. The van der Waals surface area contributed by atoms with Crippen LogP contribution in [-0.2, 0) is 17.3 Å². The minimum Gasteiger partial charge on any atom is -0.381 e. The molecule has 2 aliphatic heterocycles. The highest BCUT2D eigenvalue weighted by molar-refractivity contribution is 5.97. The standard InChI is InChI=1S/C27H28F4N4O2/c28-21-13-17(5-6-20(21)27(29,30)31)25(22-2-1-9-32-22)35-26(36)18-3-4-19-15-33-24(34-23(19)14-18)12-16-7-10-37-11-8-16/h3-6,13-16,22,25,32H,1-2,7-12H2,(H,35,36)/t22-,25+/m1/s1. The van der Waals surface area contributed by atoms with Crippen LogP contribution >= 0.6 is 0 Å². The van der Waals surface area contributed by atoms with Gasteiger partial charge in [0.15, 0.2) is 0 Å². The number of hydrogen-bond donors (Lipinski definition) is 2. The number of alkyl halides is 3. The molecule has 0 aliphatic carbocycles. The van der Waals surface area contributed by atoms with Gasteiger partial charge in [0.2, 0.25) is 0 Å². The number of carbonyl (C=O) groups is 1. The van der Waals surface area contributed by atoms with E-state index < -0.39 is 29.5 Å². The summed E-state index contributed by atoms with van der Waals surface area (Å²) in [6.07, 6.45) is 1.18. The Kier molecular flexibility index (Phi) is 7.39. The number of carbonyl (C=O) groups excluding carboxylic acids is 1. The number of ether oxygens (including phenoxy) is 1. The molecule has 2 aliphatic rings. The van der Waals surface area contributed by atoms with E-state index in [1.165, 1.54) is 6.07 Å². The van der Waals surface area contributed by atoms with Crippen LogP contribution in [0.4, 0.5) is 17.6 Å². The molecule has 5 rings (SSSR count). The number of nitrogens with zero attached hydrogens (tertiary/aromatic N) is 2. The Hall–Kier alpha value is -3.11. The number of rotatable bonds is 6. The minimum absolute atomic E-state index is 0.228. The quantitative estimate of drug-likeness (QED) is 0.452. The Bertz CT molecular complexity index is 1270. The van der Waals surface area contributed by atoms with Crippen LogP contribution in [0.1, 0.15) is 59.0 Å². The molecule has 2 fully saturated rings. The van der Waals surface area contributed by atoms with Crippen molar-refractivity contribution in [3.8, 4) is 0 Å². The first-order valence-electron chi connectivity index (χ1n) is 12.5. The largest absolute Gasteiger partial charge is 0.419 e. The summed E-state index contributed by atoms with van der Waals surface area (Å²) in [6, 6.07) is 7.01. The van der Waals surface area contributed by atoms with Gasteiger partial charge in [-0.2, -0.15) is 13.2 Å². The molecule has 0 unspecified atom stereocenters. The number of halogens is 4. The van der Waals surface area contributed by atoms with Gasteiger partial charge in [0.05, 0.1) is 17.1 Å². The van der Waals surface area contributed by atoms with Crippen molar-refractivity contribution < 1.29 is 27.1 Å². The normalized spacial score (nSPS) is 19.7. The van der Waals surface area contributed by atoms with Crippen molar-refractivity contribution in [3.63, 3.8) is 0 Å². The summed E-state index contributed by atoms with van der Waals surface area (Å²) in [6.45, 7) is 2.19. The second-order valence-electron chi connectivity index (χ2n) is 9.71. The van der Waals surface area contributed by atoms with E-state index in [0.717, 1.165) is 56.4 Å². The topological polar surface area (TPSA) is 76.1 Å². The predicted octanol–water partition coefficient (Wildman–Crippen LogP) is 4.98. The van der Waals surface area contributed by atoms with E-state index in [0.29, 0.717) is 35.8 Å². The second-order valence-corrected chi connectivity index (χ2v) is 9.71. The van der Waals surface area contributed by atoms with Crippen molar-refractivity contribution in [3.05, 3.63) is 70.9 Å². The Morgan fingerprint density at radius 1 is 1.14 bits per heavy atom. The zero-order valence-corrected chi connectivity index (χ0v) is 20.2. The second kappa shape index (κ2) is 10.7. The van der Waals surface area contributed by atoms with Gasteiger partial charge < -0.3 is 15.4 Å². The monoisotopic (exact) mass is 516 g/mol. The van der Waals surface area contributed by atoms with Gasteiger partial charge in [-0.15, -0.1) is 0 Å². The van der Waals surface area contributed by atoms with E-state index in [1.807, 2.05) is 0 Å². The molecule has 2 saturated heterocycles. The van der Waals surface area contributed by atoms with Gasteiger partial charge in [-0.05, 0) is 68.0 Å². The van der Waals surface area contributed by atoms with Gasteiger partial charge in [0.1, 0.15) is 11.6 Å². The Labute approximate surface area is 211 Å². The van der Waals surface area contributed by atoms with Crippen molar-refractivity contribution >= 4 is 16.8 Å². The average molecular weight is 517 g/mol. The maximum Gasteiger partial charge on any atom is 0.419 e. The van der Waals surface area contributed by atoms with Gasteiger partial charge in [-0.25, -0.2) is 14.4 Å². The third kappa shape index (κ3) is 5.91. The molecule has 0 saturated carbocycles. The lowest BCUT2D eigenvalue weighted by atomic mass is 9.96. The Morgan fingerprint density at radius 3 is 2.65 bits per heavy atom. The number of fused-ring (bicyclic) bond motifs is 1. The first kappa shape index (κ1) is 25.5. The highest BCUT2D eigenvalue weighted by Crippen LogP contribution is 2.33. The van der Waals surface area contributed by atoms with Gasteiger partial charge in [0, 0.05) is 42.8 Å².